The molecule has 0 atom stereocenters. The fourth-order valence-corrected chi connectivity index (χ4v) is 1.95. The Balaban J connectivity index is 2.30. The van der Waals surface area contributed by atoms with E-state index >= 15 is 0 Å². The summed E-state index contributed by atoms with van der Waals surface area (Å²) in [7, 11) is 0. The highest BCUT2D eigenvalue weighted by atomic mass is 32.2. The largest absolute Gasteiger partial charge is 0.241 e. The van der Waals surface area contributed by atoms with E-state index in [2.05, 4.69) is 4.98 Å². The normalized spacial score (nSPS) is 9.29. The van der Waals surface area contributed by atoms with Crippen LogP contribution in [0.1, 0.15) is 0 Å². The Bertz CT molecular complexity index is 646. The second kappa shape index (κ2) is 5.16. The number of aromatic nitrogens is 1. The Morgan fingerprint density at radius 3 is 2.65 bits per heavy atom. The zero-order valence-electron chi connectivity index (χ0n) is 8.79. The van der Waals surface area contributed by atoms with Crippen LogP contribution in [-0.4, -0.2) is 4.98 Å². The number of pyridine rings is 1. The maximum Gasteiger partial charge on any atom is 0.136 e. The van der Waals surface area contributed by atoms with Gasteiger partial charge >= 0.3 is 0 Å². The van der Waals surface area contributed by atoms with Crippen molar-refractivity contribution in [2.45, 2.75) is 5.03 Å². The lowest BCUT2D eigenvalue weighted by atomic mass is 10.2. The summed E-state index contributed by atoms with van der Waals surface area (Å²) in [5.41, 5.74) is 0.992. The van der Waals surface area contributed by atoms with Crippen LogP contribution in [0.5, 0.6) is 0 Å². The number of fused-ring (bicyclic) bond motifs is 1. The van der Waals surface area contributed by atoms with Crippen LogP contribution in [0.25, 0.3) is 10.9 Å². The highest BCUT2D eigenvalue weighted by Gasteiger charge is 1.98. The maximum atomic E-state index is 8.60. The number of thioether (sulfide) groups is 1. The maximum absolute atomic E-state index is 8.60. The van der Waals surface area contributed by atoms with Gasteiger partial charge in [0.25, 0.3) is 0 Å². The predicted molar refractivity (Wildman–Crippen MR) is 66.9 cm³/mol. The lowest BCUT2D eigenvalue weighted by Crippen LogP contribution is -1.81. The SMILES string of the molecule is N#CC(C#N)=CSc1ccc2ccccc2n1. The minimum Gasteiger partial charge on any atom is -0.241 e. The molecule has 17 heavy (non-hydrogen) atoms. The summed E-state index contributed by atoms with van der Waals surface area (Å²) in [5, 5.41) is 20.6. The number of allylic oxidation sites excluding steroid dienone is 1. The van der Waals surface area contributed by atoms with Gasteiger partial charge < -0.3 is 0 Å². The molecular formula is C13H7N3S. The fraction of sp³-hybridized carbons (Fsp3) is 0. The van der Waals surface area contributed by atoms with Gasteiger partial charge in [-0.3, -0.25) is 0 Å². The quantitative estimate of drug-likeness (QED) is 0.594. The third-order valence-corrected chi connectivity index (χ3v) is 2.93. The molecule has 0 N–H and O–H groups in total. The Hall–Kier alpha value is -2.30. The van der Waals surface area contributed by atoms with Crippen LogP contribution >= 0.6 is 11.8 Å². The number of benzene rings is 1. The van der Waals surface area contributed by atoms with Crippen LogP contribution in [0.15, 0.2) is 52.4 Å². The summed E-state index contributed by atoms with van der Waals surface area (Å²) in [6.45, 7) is 0. The third kappa shape index (κ3) is 2.63. The third-order valence-electron chi connectivity index (χ3n) is 2.11. The van der Waals surface area contributed by atoms with Crippen LogP contribution in [0, 0.1) is 22.7 Å². The molecule has 0 amide bonds. The molecule has 0 fully saturated rings. The summed E-state index contributed by atoms with van der Waals surface area (Å²) in [5.74, 6) is 0. The molecule has 0 saturated carbocycles. The predicted octanol–water partition coefficient (Wildman–Crippen LogP) is 3.26. The zero-order chi connectivity index (χ0) is 12.1. The van der Waals surface area contributed by atoms with E-state index in [-0.39, 0.29) is 5.57 Å². The lowest BCUT2D eigenvalue weighted by Gasteiger charge is -1.99. The molecule has 80 valence electrons. The topological polar surface area (TPSA) is 60.5 Å². The van der Waals surface area contributed by atoms with Crippen molar-refractivity contribution >= 4 is 22.7 Å². The summed E-state index contributed by atoms with van der Waals surface area (Å²) in [6, 6.07) is 15.3. The number of rotatable bonds is 2. The van der Waals surface area contributed by atoms with E-state index in [9.17, 15) is 0 Å². The van der Waals surface area contributed by atoms with Gasteiger partial charge in [-0.1, -0.05) is 36.0 Å². The molecular weight excluding hydrogens is 230 g/mol. The van der Waals surface area contributed by atoms with Crippen molar-refractivity contribution in [1.82, 2.24) is 4.98 Å². The van der Waals surface area contributed by atoms with Gasteiger partial charge in [0.2, 0.25) is 0 Å². The van der Waals surface area contributed by atoms with E-state index in [4.69, 9.17) is 10.5 Å². The first-order valence-electron chi connectivity index (χ1n) is 4.86. The summed E-state index contributed by atoms with van der Waals surface area (Å²) < 4.78 is 0. The molecule has 0 saturated heterocycles. The molecule has 0 bridgehead atoms. The van der Waals surface area contributed by atoms with Gasteiger partial charge in [-0.15, -0.1) is 0 Å². The highest BCUT2D eigenvalue weighted by molar-refractivity contribution is 8.02. The van der Waals surface area contributed by atoms with Crippen LogP contribution < -0.4 is 0 Å². The molecule has 3 nitrogen and oxygen atoms in total. The number of nitrogens with zero attached hydrogens (tertiary/aromatic N) is 3. The molecule has 0 unspecified atom stereocenters. The summed E-state index contributed by atoms with van der Waals surface area (Å²) in [6.07, 6.45) is 0. The Labute approximate surface area is 103 Å². The zero-order valence-corrected chi connectivity index (χ0v) is 9.61. The van der Waals surface area contributed by atoms with Crippen molar-refractivity contribution in [1.29, 1.82) is 10.5 Å². The van der Waals surface area contributed by atoms with Crippen LogP contribution in [0.2, 0.25) is 0 Å². The van der Waals surface area contributed by atoms with Crippen molar-refractivity contribution in [3.63, 3.8) is 0 Å². The van der Waals surface area contributed by atoms with Gasteiger partial charge in [-0.2, -0.15) is 10.5 Å². The first-order valence-corrected chi connectivity index (χ1v) is 5.74. The van der Waals surface area contributed by atoms with Crippen LogP contribution in [-0.2, 0) is 0 Å². The average molecular weight is 237 g/mol. The van der Waals surface area contributed by atoms with Gasteiger partial charge in [0.05, 0.1) is 5.52 Å². The minimum atomic E-state index is 0.0879. The molecule has 0 aliphatic rings. The second-order valence-corrected chi connectivity index (χ2v) is 4.10. The molecule has 1 aromatic heterocycles. The lowest BCUT2D eigenvalue weighted by molar-refractivity contribution is 1.20. The first-order chi connectivity index (χ1) is 8.33. The molecule has 2 aromatic rings. The Morgan fingerprint density at radius 1 is 1.12 bits per heavy atom. The summed E-state index contributed by atoms with van der Waals surface area (Å²) in [4.78, 5) is 4.42. The molecule has 0 radical (unpaired) electrons. The van der Waals surface area contributed by atoms with E-state index in [0.717, 1.165) is 15.9 Å². The number of para-hydroxylation sites is 1. The molecule has 0 aliphatic carbocycles. The molecule has 2 rings (SSSR count). The van der Waals surface area contributed by atoms with E-state index in [1.54, 1.807) is 0 Å². The highest BCUT2D eigenvalue weighted by Crippen LogP contribution is 2.21. The van der Waals surface area contributed by atoms with Crippen molar-refractivity contribution in [3.05, 3.63) is 47.4 Å². The summed E-state index contributed by atoms with van der Waals surface area (Å²) >= 11 is 1.27. The van der Waals surface area contributed by atoms with Crippen molar-refractivity contribution in [3.8, 4) is 12.1 Å². The molecule has 4 heteroatoms. The minimum absolute atomic E-state index is 0.0879. The molecule has 1 heterocycles. The molecule has 1 aromatic carbocycles. The fourth-order valence-electron chi connectivity index (χ4n) is 1.31. The smallest absolute Gasteiger partial charge is 0.136 e. The van der Waals surface area contributed by atoms with Gasteiger partial charge in [-0.05, 0) is 12.1 Å². The second-order valence-electron chi connectivity index (χ2n) is 3.22. The van der Waals surface area contributed by atoms with Crippen molar-refractivity contribution < 1.29 is 0 Å². The number of hydrogen-bond acceptors (Lipinski definition) is 4. The van der Waals surface area contributed by atoms with E-state index in [0.29, 0.717) is 0 Å². The van der Waals surface area contributed by atoms with E-state index in [1.165, 1.54) is 17.2 Å². The van der Waals surface area contributed by atoms with Crippen molar-refractivity contribution in [2.75, 3.05) is 0 Å². The van der Waals surface area contributed by atoms with Gasteiger partial charge in [-0.25, -0.2) is 4.98 Å². The number of hydrogen-bond donors (Lipinski definition) is 0. The van der Waals surface area contributed by atoms with Gasteiger partial charge in [0.15, 0.2) is 0 Å². The Kier molecular flexibility index (Phi) is 3.40. The number of nitriles is 2. The van der Waals surface area contributed by atoms with Gasteiger partial charge in [0.1, 0.15) is 22.7 Å². The van der Waals surface area contributed by atoms with E-state index < -0.39 is 0 Å². The molecule has 0 aliphatic heterocycles. The van der Waals surface area contributed by atoms with Crippen molar-refractivity contribution in [2.24, 2.45) is 0 Å². The first kappa shape index (κ1) is 11.2. The monoisotopic (exact) mass is 237 g/mol. The van der Waals surface area contributed by atoms with E-state index in [1.807, 2.05) is 48.5 Å². The van der Waals surface area contributed by atoms with Crippen LogP contribution in [0.3, 0.4) is 0 Å². The molecule has 0 spiro atoms. The average Bonchev–Trinajstić information content (AvgIpc) is 2.40. The standard InChI is InChI=1S/C13H7N3S/c14-7-10(8-15)9-17-13-6-5-11-3-1-2-4-12(11)16-13/h1-6,9H. The Morgan fingerprint density at radius 2 is 1.88 bits per heavy atom. The van der Waals surface area contributed by atoms with Gasteiger partial charge in [0, 0.05) is 10.8 Å². The van der Waals surface area contributed by atoms with Crippen LogP contribution in [0.4, 0.5) is 0 Å².